The van der Waals surface area contributed by atoms with Crippen LogP contribution < -0.4 is 15.2 Å². The maximum atomic E-state index is 6.46. The van der Waals surface area contributed by atoms with Gasteiger partial charge in [0.05, 0.1) is 20.3 Å². The summed E-state index contributed by atoms with van der Waals surface area (Å²) in [4.78, 5) is 0. The number of benzene rings is 2. The molecule has 0 aliphatic heterocycles. The van der Waals surface area contributed by atoms with Gasteiger partial charge in [-0.1, -0.05) is 31.2 Å². The van der Waals surface area contributed by atoms with E-state index in [1.54, 1.807) is 14.2 Å². The first-order valence-corrected chi connectivity index (χ1v) is 6.76. The molecule has 3 nitrogen and oxygen atoms in total. The van der Waals surface area contributed by atoms with Crippen LogP contribution in [0.25, 0.3) is 0 Å². The fourth-order valence-corrected chi connectivity index (χ4v) is 2.41. The Morgan fingerprint density at radius 2 is 1.75 bits per heavy atom. The quantitative estimate of drug-likeness (QED) is 0.907. The number of hydrogen-bond acceptors (Lipinski definition) is 3. The van der Waals surface area contributed by atoms with Crippen molar-refractivity contribution in [2.45, 2.75) is 19.4 Å². The predicted molar refractivity (Wildman–Crippen MR) is 81.4 cm³/mol. The van der Waals surface area contributed by atoms with E-state index in [9.17, 15) is 0 Å². The monoisotopic (exact) mass is 271 g/mol. The molecule has 20 heavy (non-hydrogen) atoms. The zero-order valence-corrected chi connectivity index (χ0v) is 12.2. The third kappa shape index (κ3) is 2.78. The molecule has 2 N–H and O–H groups in total. The van der Waals surface area contributed by atoms with Gasteiger partial charge in [-0.2, -0.15) is 0 Å². The molecule has 0 fully saturated rings. The first-order chi connectivity index (χ1) is 9.71. The molecular formula is C17H21NO2. The fraction of sp³-hybridized carbons (Fsp3) is 0.294. The van der Waals surface area contributed by atoms with Crippen LogP contribution in [-0.4, -0.2) is 14.2 Å². The van der Waals surface area contributed by atoms with Gasteiger partial charge in [-0.05, 0) is 35.7 Å². The molecule has 0 aliphatic rings. The number of hydrogen-bond donors (Lipinski definition) is 1. The highest BCUT2D eigenvalue weighted by atomic mass is 16.5. The molecule has 3 heteroatoms. The molecule has 2 aromatic carbocycles. The van der Waals surface area contributed by atoms with Crippen LogP contribution >= 0.6 is 0 Å². The highest BCUT2D eigenvalue weighted by Gasteiger charge is 2.17. The fourth-order valence-electron chi connectivity index (χ4n) is 2.41. The zero-order valence-electron chi connectivity index (χ0n) is 12.2. The summed E-state index contributed by atoms with van der Waals surface area (Å²) in [6, 6.07) is 13.7. The number of rotatable bonds is 5. The topological polar surface area (TPSA) is 44.5 Å². The van der Waals surface area contributed by atoms with Gasteiger partial charge in [0.1, 0.15) is 11.5 Å². The van der Waals surface area contributed by atoms with Crippen molar-refractivity contribution in [3.63, 3.8) is 0 Å². The Kier molecular flexibility index (Phi) is 4.64. The average molecular weight is 271 g/mol. The van der Waals surface area contributed by atoms with E-state index in [2.05, 4.69) is 19.1 Å². The number of aryl methyl sites for hydroxylation is 1. The highest BCUT2D eigenvalue weighted by Crippen LogP contribution is 2.33. The second-order valence-corrected chi connectivity index (χ2v) is 4.64. The number of nitrogens with two attached hydrogens (primary N) is 1. The van der Waals surface area contributed by atoms with Gasteiger partial charge in [0, 0.05) is 5.56 Å². The lowest BCUT2D eigenvalue weighted by Gasteiger charge is -2.19. The van der Waals surface area contributed by atoms with Crippen molar-refractivity contribution >= 4 is 0 Å². The van der Waals surface area contributed by atoms with Crippen molar-refractivity contribution in [1.29, 1.82) is 0 Å². The van der Waals surface area contributed by atoms with E-state index < -0.39 is 0 Å². The Balaban J connectivity index is 2.49. The Morgan fingerprint density at radius 3 is 2.40 bits per heavy atom. The summed E-state index contributed by atoms with van der Waals surface area (Å²) in [7, 11) is 3.31. The minimum atomic E-state index is -0.226. The van der Waals surface area contributed by atoms with Crippen LogP contribution in [0.15, 0.2) is 42.5 Å². The molecule has 0 heterocycles. The Morgan fingerprint density at radius 1 is 1.00 bits per heavy atom. The van der Waals surface area contributed by atoms with Crippen molar-refractivity contribution in [1.82, 2.24) is 0 Å². The van der Waals surface area contributed by atoms with Crippen LogP contribution in [0.5, 0.6) is 11.5 Å². The Bertz CT molecular complexity index is 581. The first kappa shape index (κ1) is 14.4. The third-order valence-electron chi connectivity index (χ3n) is 3.54. The van der Waals surface area contributed by atoms with E-state index >= 15 is 0 Å². The minimum Gasteiger partial charge on any atom is -0.497 e. The first-order valence-electron chi connectivity index (χ1n) is 6.76. The van der Waals surface area contributed by atoms with Gasteiger partial charge in [0.2, 0.25) is 0 Å². The van der Waals surface area contributed by atoms with Gasteiger partial charge in [-0.15, -0.1) is 0 Å². The Labute approximate surface area is 120 Å². The molecule has 0 spiro atoms. The standard InChI is InChI=1S/C17H21NO2/c1-4-12-7-5-6-8-14(12)17(18)15-11-13(19-2)9-10-16(15)20-3/h5-11,17H,4,18H2,1-3H3. The summed E-state index contributed by atoms with van der Waals surface area (Å²) < 4.78 is 10.7. The van der Waals surface area contributed by atoms with Crippen molar-refractivity contribution in [3.05, 3.63) is 59.2 Å². The van der Waals surface area contributed by atoms with Crippen LogP contribution in [0.1, 0.15) is 29.7 Å². The molecule has 2 rings (SSSR count). The van der Waals surface area contributed by atoms with Crippen LogP contribution in [0.2, 0.25) is 0 Å². The lowest BCUT2D eigenvalue weighted by molar-refractivity contribution is 0.397. The summed E-state index contributed by atoms with van der Waals surface area (Å²) in [5.74, 6) is 1.56. The molecule has 0 aromatic heterocycles. The Hall–Kier alpha value is -2.00. The zero-order chi connectivity index (χ0) is 14.5. The van der Waals surface area contributed by atoms with Crippen LogP contribution in [-0.2, 0) is 6.42 Å². The molecule has 106 valence electrons. The van der Waals surface area contributed by atoms with Gasteiger partial charge in [-0.25, -0.2) is 0 Å². The van der Waals surface area contributed by atoms with Crippen molar-refractivity contribution in [3.8, 4) is 11.5 Å². The smallest absolute Gasteiger partial charge is 0.124 e. The maximum Gasteiger partial charge on any atom is 0.124 e. The normalized spacial score (nSPS) is 12.0. The van der Waals surface area contributed by atoms with E-state index in [0.29, 0.717) is 0 Å². The van der Waals surface area contributed by atoms with Crippen LogP contribution in [0, 0.1) is 0 Å². The predicted octanol–water partition coefficient (Wildman–Crippen LogP) is 3.31. The van der Waals surface area contributed by atoms with E-state index in [4.69, 9.17) is 15.2 Å². The second-order valence-electron chi connectivity index (χ2n) is 4.64. The van der Waals surface area contributed by atoms with Gasteiger partial charge >= 0.3 is 0 Å². The van der Waals surface area contributed by atoms with E-state index in [0.717, 1.165) is 29.0 Å². The van der Waals surface area contributed by atoms with E-state index in [-0.39, 0.29) is 6.04 Å². The molecule has 1 atom stereocenters. The molecule has 2 aromatic rings. The molecule has 0 bridgehead atoms. The molecule has 0 saturated carbocycles. The average Bonchev–Trinajstić information content (AvgIpc) is 2.53. The van der Waals surface area contributed by atoms with Crippen molar-refractivity contribution in [2.24, 2.45) is 5.73 Å². The molecular weight excluding hydrogens is 250 g/mol. The lowest BCUT2D eigenvalue weighted by atomic mass is 9.93. The largest absolute Gasteiger partial charge is 0.497 e. The molecule has 0 saturated heterocycles. The van der Waals surface area contributed by atoms with Gasteiger partial charge in [0.25, 0.3) is 0 Å². The van der Waals surface area contributed by atoms with E-state index in [1.165, 1.54) is 5.56 Å². The number of ether oxygens (including phenoxy) is 2. The van der Waals surface area contributed by atoms with Crippen LogP contribution in [0.4, 0.5) is 0 Å². The van der Waals surface area contributed by atoms with Gasteiger partial charge in [-0.3, -0.25) is 0 Å². The van der Waals surface area contributed by atoms with E-state index in [1.807, 2.05) is 30.3 Å². The van der Waals surface area contributed by atoms with Crippen LogP contribution in [0.3, 0.4) is 0 Å². The summed E-state index contributed by atoms with van der Waals surface area (Å²) in [6.45, 7) is 2.13. The van der Waals surface area contributed by atoms with Crippen molar-refractivity contribution < 1.29 is 9.47 Å². The lowest BCUT2D eigenvalue weighted by Crippen LogP contribution is -2.15. The summed E-state index contributed by atoms with van der Waals surface area (Å²) in [5, 5.41) is 0. The minimum absolute atomic E-state index is 0.226. The molecule has 0 amide bonds. The SMILES string of the molecule is CCc1ccccc1C(N)c1cc(OC)ccc1OC. The summed E-state index contributed by atoms with van der Waals surface area (Å²) in [6.07, 6.45) is 0.955. The second kappa shape index (κ2) is 6.44. The van der Waals surface area contributed by atoms with Gasteiger partial charge in [0.15, 0.2) is 0 Å². The highest BCUT2D eigenvalue weighted by molar-refractivity contribution is 5.47. The molecule has 1 unspecified atom stereocenters. The third-order valence-corrected chi connectivity index (χ3v) is 3.54. The summed E-state index contributed by atoms with van der Waals surface area (Å²) >= 11 is 0. The van der Waals surface area contributed by atoms with Gasteiger partial charge < -0.3 is 15.2 Å². The summed E-state index contributed by atoms with van der Waals surface area (Å²) in [5.41, 5.74) is 9.78. The van der Waals surface area contributed by atoms with Crippen molar-refractivity contribution in [2.75, 3.05) is 14.2 Å². The molecule has 0 radical (unpaired) electrons. The maximum absolute atomic E-state index is 6.46. The molecule has 0 aliphatic carbocycles. The number of methoxy groups -OCH3 is 2.